The molecule has 2 fully saturated rings. The second-order valence-electron chi connectivity index (χ2n) is 8.17. The average Bonchev–Trinajstić information content (AvgIpc) is 3.43. The monoisotopic (exact) mass is 447 g/mol. The summed E-state index contributed by atoms with van der Waals surface area (Å²) in [5, 5.41) is 12.4. The van der Waals surface area contributed by atoms with Crippen LogP contribution in [-0.2, 0) is 16.1 Å². The molecule has 7 nitrogen and oxygen atoms in total. The van der Waals surface area contributed by atoms with E-state index in [4.69, 9.17) is 4.74 Å². The number of ether oxygens (including phenoxy) is 1. The molecule has 9 heteroatoms. The standard InChI is InChI=1S/C22H30FN5O2S/c1-16(21(29)24-19-4-2-3-5-19)31-22-26-25-20(17-6-8-18(23)9-7-17)28(22)11-10-27-12-14-30-15-13-27/h6-9,16,19H,2-5,10-15H2,1H3,(H,24,29). The van der Waals surface area contributed by atoms with Crippen molar-refractivity contribution in [3.05, 3.63) is 30.1 Å². The molecule has 1 aromatic heterocycles. The highest BCUT2D eigenvalue weighted by atomic mass is 32.2. The van der Waals surface area contributed by atoms with Gasteiger partial charge in [-0.3, -0.25) is 9.69 Å². The van der Waals surface area contributed by atoms with E-state index in [1.54, 1.807) is 12.1 Å². The third-order valence-corrected chi connectivity index (χ3v) is 7.00. The summed E-state index contributed by atoms with van der Waals surface area (Å²) in [7, 11) is 0. The van der Waals surface area contributed by atoms with Crippen molar-refractivity contribution in [3.8, 4) is 11.4 Å². The molecule has 0 spiro atoms. The molecule has 1 aliphatic carbocycles. The fourth-order valence-electron chi connectivity index (χ4n) is 4.06. The maximum atomic E-state index is 13.4. The number of nitrogens with zero attached hydrogens (tertiary/aromatic N) is 4. The second-order valence-corrected chi connectivity index (χ2v) is 9.48. The number of carbonyl (C=O) groups is 1. The van der Waals surface area contributed by atoms with Gasteiger partial charge in [-0.2, -0.15) is 0 Å². The Bertz CT molecular complexity index is 863. The number of thioether (sulfide) groups is 1. The molecule has 1 N–H and O–H groups in total. The Balaban J connectivity index is 1.49. The zero-order chi connectivity index (χ0) is 21.6. The molecule has 2 aliphatic rings. The lowest BCUT2D eigenvalue weighted by atomic mass is 10.2. The van der Waals surface area contributed by atoms with Gasteiger partial charge in [0.2, 0.25) is 5.91 Å². The van der Waals surface area contributed by atoms with Gasteiger partial charge in [-0.15, -0.1) is 10.2 Å². The minimum atomic E-state index is -0.282. The highest BCUT2D eigenvalue weighted by Crippen LogP contribution is 2.28. The quantitative estimate of drug-likeness (QED) is 0.628. The molecular weight excluding hydrogens is 417 g/mol. The number of aromatic nitrogens is 3. The van der Waals surface area contributed by atoms with Gasteiger partial charge in [-0.25, -0.2) is 4.39 Å². The Kier molecular flexibility index (Phi) is 7.58. The van der Waals surface area contributed by atoms with Crippen LogP contribution in [0.15, 0.2) is 29.4 Å². The van der Waals surface area contributed by atoms with Crippen LogP contribution in [0.3, 0.4) is 0 Å². The molecule has 2 aromatic rings. The van der Waals surface area contributed by atoms with Crippen LogP contribution in [0.25, 0.3) is 11.4 Å². The zero-order valence-electron chi connectivity index (χ0n) is 17.9. The first-order valence-corrected chi connectivity index (χ1v) is 11.9. The first-order valence-electron chi connectivity index (χ1n) is 11.1. The van der Waals surface area contributed by atoms with Gasteiger partial charge in [0, 0.05) is 37.8 Å². The van der Waals surface area contributed by atoms with Gasteiger partial charge in [0.15, 0.2) is 11.0 Å². The van der Waals surface area contributed by atoms with Gasteiger partial charge in [0.25, 0.3) is 0 Å². The van der Waals surface area contributed by atoms with Gasteiger partial charge >= 0.3 is 0 Å². The van der Waals surface area contributed by atoms with Crippen molar-refractivity contribution >= 4 is 17.7 Å². The van der Waals surface area contributed by atoms with Crippen molar-refractivity contribution in [3.63, 3.8) is 0 Å². The lowest BCUT2D eigenvalue weighted by Gasteiger charge is -2.27. The molecular formula is C22H30FN5O2S. The molecule has 1 atom stereocenters. The van der Waals surface area contributed by atoms with Gasteiger partial charge < -0.3 is 14.6 Å². The number of halogens is 1. The number of benzene rings is 1. The van der Waals surface area contributed by atoms with Crippen molar-refractivity contribution in [1.82, 2.24) is 25.0 Å². The molecule has 1 amide bonds. The fourth-order valence-corrected chi connectivity index (χ4v) is 4.94. The summed E-state index contributed by atoms with van der Waals surface area (Å²) < 4.78 is 20.9. The maximum Gasteiger partial charge on any atom is 0.233 e. The summed E-state index contributed by atoms with van der Waals surface area (Å²) >= 11 is 1.43. The topological polar surface area (TPSA) is 72.3 Å². The molecule has 4 rings (SSSR count). The van der Waals surface area contributed by atoms with E-state index in [1.807, 2.05) is 11.5 Å². The Hall–Kier alpha value is -1.97. The fraction of sp³-hybridized carbons (Fsp3) is 0.591. The number of carbonyl (C=O) groups excluding carboxylic acids is 1. The molecule has 1 aromatic carbocycles. The molecule has 1 aliphatic heterocycles. The Morgan fingerprint density at radius 3 is 2.61 bits per heavy atom. The predicted molar refractivity (Wildman–Crippen MR) is 118 cm³/mol. The van der Waals surface area contributed by atoms with Gasteiger partial charge in [0.1, 0.15) is 5.82 Å². The lowest BCUT2D eigenvalue weighted by Crippen LogP contribution is -2.38. The molecule has 168 valence electrons. The highest BCUT2D eigenvalue weighted by Gasteiger charge is 2.24. The number of rotatable bonds is 8. The summed E-state index contributed by atoms with van der Waals surface area (Å²) in [5.41, 5.74) is 0.811. The third kappa shape index (κ3) is 5.84. The van der Waals surface area contributed by atoms with E-state index in [-0.39, 0.29) is 17.0 Å². The SMILES string of the molecule is CC(Sc1nnc(-c2ccc(F)cc2)n1CCN1CCOCC1)C(=O)NC1CCCC1. The summed E-state index contributed by atoms with van der Waals surface area (Å²) in [4.78, 5) is 15.0. The smallest absolute Gasteiger partial charge is 0.233 e. The minimum absolute atomic E-state index is 0.0444. The molecule has 1 saturated carbocycles. The number of nitrogens with one attached hydrogen (secondary N) is 1. The van der Waals surface area contributed by atoms with E-state index in [9.17, 15) is 9.18 Å². The van der Waals surface area contributed by atoms with Crippen LogP contribution in [-0.4, -0.2) is 69.7 Å². The Labute approximate surface area is 186 Å². The van der Waals surface area contributed by atoms with Crippen LogP contribution >= 0.6 is 11.8 Å². The van der Waals surface area contributed by atoms with E-state index in [0.29, 0.717) is 23.6 Å². The number of morpholine rings is 1. The van der Waals surface area contributed by atoms with Gasteiger partial charge in [-0.05, 0) is 44.0 Å². The average molecular weight is 448 g/mol. The van der Waals surface area contributed by atoms with Crippen molar-refractivity contribution in [2.24, 2.45) is 0 Å². The zero-order valence-corrected chi connectivity index (χ0v) is 18.7. The number of hydrogen-bond acceptors (Lipinski definition) is 6. The first kappa shape index (κ1) is 22.2. The van der Waals surface area contributed by atoms with E-state index in [0.717, 1.165) is 51.3 Å². The van der Waals surface area contributed by atoms with Crippen molar-refractivity contribution < 1.29 is 13.9 Å². The molecule has 31 heavy (non-hydrogen) atoms. The van der Waals surface area contributed by atoms with E-state index in [1.165, 1.54) is 36.7 Å². The van der Waals surface area contributed by atoms with E-state index >= 15 is 0 Å². The predicted octanol–water partition coefficient (Wildman–Crippen LogP) is 2.96. The van der Waals surface area contributed by atoms with Crippen LogP contribution in [0.2, 0.25) is 0 Å². The molecule has 0 radical (unpaired) electrons. The van der Waals surface area contributed by atoms with Gasteiger partial charge in [0.05, 0.1) is 18.5 Å². The number of amides is 1. The van der Waals surface area contributed by atoms with Crippen LogP contribution < -0.4 is 5.32 Å². The summed E-state index contributed by atoms with van der Waals surface area (Å²) in [5.74, 6) is 0.456. The van der Waals surface area contributed by atoms with Crippen molar-refractivity contribution in [2.75, 3.05) is 32.8 Å². The van der Waals surface area contributed by atoms with Crippen LogP contribution in [0.1, 0.15) is 32.6 Å². The summed E-state index contributed by atoms with van der Waals surface area (Å²) in [6.07, 6.45) is 4.49. The highest BCUT2D eigenvalue weighted by molar-refractivity contribution is 8.00. The van der Waals surface area contributed by atoms with Crippen molar-refractivity contribution in [2.45, 2.75) is 55.6 Å². The summed E-state index contributed by atoms with van der Waals surface area (Å²) in [6, 6.07) is 6.59. The van der Waals surface area contributed by atoms with Crippen LogP contribution in [0.5, 0.6) is 0 Å². The number of hydrogen-bond donors (Lipinski definition) is 1. The molecule has 1 unspecified atom stereocenters. The van der Waals surface area contributed by atoms with Crippen molar-refractivity contribution in [1.29, 1.82) is 0 Å². The first-order chi connectivity index (χ1) is 15.1. The Morgan fingerprint density at radius 1 is 1.19 bits per heavy atom. The third-order valence-electron chi connectivity index (χ3n) is 5.92. The molecule has 0 bridgehead atoms. The Morgan fingerprint density at radius 2 is 1.90 bits per heavy atom. The minimum Gasteiger partial charge on any atom is -0.379 e. The molecule has 1 saturated heterocycles. The lowest BCUT2D eigenvalue weighted by molar-refractivity contribution is -0.120. The van der Waals surface area contributed by atoms with Gasteiger partial charge in [-0.1, -0.05) is 24.6 Å². The molecule has 2 heterocycles. The van der Waals surface area contributed by atoms with Crippen LogP contribution in [0.4, 0.5) is 4.39 Å². The summed E-state index contributed by atoms with van der Waals surface area (Å²) in [6.45, 7) is 6.73. The second kappa shape index (κ2) is 10.6. The van der Waals surface area contributed by atoms with E-state index < -0.39 is 0 Å². The normalized spacial score (nSPS) is 18.9. The van der Waals surface area contributed by atoms with Crippen LogP contribution in [0, 0.1) is 5.82 Å². The maximum absolute atomic E-state index is 13.4. The largest absolute Gasteiger partial charge is 0.379 e. The van der Waals surface area contributed by atoms with E-state index in [2.05, 4.69) is 20.4 Å².